The number of fused-ring (bicyclic) bond motifs is 1. The van der Waals surface area contributed by atoms with Crippen LogP contribution in [0.5, 0.6) is 0 Å². The van der Waals surface area contributed by atoms with Gasteiger partial charge in [-0.25, -0.2) is 0 Å². The van der Waals surface area contributed by atoms with Crippen molar-refractivity contribution in [3.05, 3.63) is 90.3 Å². The third kappa shape index (κ3) is 7.08. The molecule has 2 aromatic heterocycles. The lowest BCUT2D eigenvalue weighted by Crippen LogP contribution is -2.54. The molecule has 5 rings (SSSR count). The van der Waals surface area contributed by atoms with Crippen molar-refractivity contribution >= 4 is 28.6 Å². The quantitative estimate of drug-likeness (QED) is 0.314. The van der Waals surface area contributed by atoms with Gasteiger partial charge in [0.25, 0.3) is 5.91 Å². The van der Waals surface area contributed by atoms with Gasteiger partial charge < -0.3 is 15.1 Å². The van der Waals surface area contributed by atoms with Gasteiger partial charge >= 0.3 is 0 Å². The van der Waals surface area contributed by atoms with E-state index in [1.807, 2.05) is 56.3 Å². The van der Waals surface area contributed by atoms with Crippen molar-refractivity contribution in [2.24, 2.45) is 5.92 Å². The van der Waals surface area contributed by atoms with Crippen LogP contribution in [0.4, 0.5) is 0 Å². The summed E-state index contributed by atoms with van der Waals surface area (Å²) in [6.45, 7) is 5.54. The molecule has 3 heterocycles. The first kappa shape index (κ1) is 28.2. The van der Waals surface area contributed by atoms with E-state index >= 15 is 0 Å². The van der Waals surface area contributed by atoms with E-state index < -0.39 is 18.0 Å². The Hall–Kier alpha value is -4.30. The summed E-state index contributed by atoms with van der Waals surface area (Å²) < 4.78 is 5.66. The van der Waals surface area contributed by atoms with E-state index in [0.717, 1.165) is 42.6 Å². The van der Waals surface area contributed by atoms with Crippen LogP contribution in [0.1, 0.15) is 42.8 Å². The fourth-order valence-corrected chi connectivity index (χ4v) is 5.24. The van der Waals surface area contributed by atoms with Crippen LogP contribution in [0.3, 0.4) is 0 Å². The normalized spacial score (nSPS) is 16.9. The van der Waals surface area contributed by atoms with Crippen LogP contribution in [0.2, 0.25) is 0 Å². The second-order valence-corrected chi connectivity index (χ2v) is 11.0. The van der Waals surface area contributed by atoms with Gasteiger partial charge in [-0.05, 0) is 67.6 Å². The third-order valence-electron chi connectivity index (χ3n) is 7.54. The summed E-state index contributed by atoms with van der Waals surface area (Å²) in [5.41, 5.74) is 3.81. The van der Waals surface area contributed by atoms with E-state index in [1.54, 1.807) is 18.3 Å². The molecule has 1 aliphatic rings. The lowest BCUT2D eigenvalue weighted by atomic mass is 10.0. The Kier molecular flexibility index (Phi) is 8.89. The molecule has 1 fully saturated rings. The number of carbonyl (C=O) groups excluding carboxylic acids is 3. The number of ketones is 1. The van der Waals surface area contributed by atoms with Gasteiger partial charge in [-0.2, -0.15) is 0 Å². The number of rotatable bonds is 9. The third-order valence-corrected chi connectivity index (χ3v) is 7.54. The molecule has 41 heavy (non-hydrogen) atoms. The maximum atomic E-state index is 13.3. The number of furan rings is 1. The van der Waals surface area contributed by atoms with Crippen molar-refractivity contribution < 1.29 is 18.8 Å². The molecule has 2 amide bonds. The number of para-hydroxylation sites is 1. The smallest absolute Gasteiger partial charge is 0.287 e. The van der Waals surface area contributed by atoms with Crippen LogP contribution in [-0.4, -0.2) is 59.2 Å². The number of hydrogen-bond acceptors (Lipinski definition) is 6. The monoisotopic (exact) mass is 552 g/mol. The fourth-order valence-electron chi connectivity index (χ4n) is 5.24. The second-order valence-electron chi connectivity index (χ2n) is 11.0. The maximum absolute atomic E-state index is 13.3. The average Bonchev–Trinajstić information content (AvgIpc) is 3.35. The van der Waals surface area contributed by atoms with Gasteiger partial charge in [-0.15, -0.1) is 0 Å². The van der Waals surface area contributed by atoms with E-state index in [0.29, 0.717) is 12.0 Å². The largest absolute Gasteiger partial charge is 0.451 e. The SMILES string of the molecule is CC(C)C(NC(=O)c1cc2ccccc2o1)C(=O)NC1CCCN(CCc2cccc(-c3ccccn3)c2)CC1=O. The Morgan fingerprint density at radius 3 is 2.66 bits per heavy atom. The molecule has 0 spiro atoms. The minimum absolute atomic E-state index is 0.01000. The van der Waals surface area contributed by atoms with Crippen molar-refractivity contribution in [1.29, 1.82) is 0 Å². The summed E-state index contributed by atoms with van der Waals surface area (Å²) in [6.07, 6.45) is 3.97. The summed E-state index contributed by atoms with van der Waals surface area (Å²) in [5.74, 6) is -0.855. The first-order chi connectivity index (χ1) is 19.9. The number of carbonyl (C=O) groups is 3. The molecule has 2 atom stereocenters. The summed E-state index contributed by atoms with van der Waals surface area (Å²) in [7, 11) is 0. The number of pyridine rings is 1. The molecule has 0 aliphatic carbocycles. The molecule has 2 N–H and O–H groups in total. The predicted molar refractivity (Wildman–Crippen MR) is 158 cm³/mol. The highest BCUT2D eigenvalue weighted by molar-refractivity contribution is 5.99. The summed E-state index contributed by atoms with van der Waals surface area (Å²) in [6, 6.07) is 21.9. The topological polar surface area (TPSA) is 105 Å². The second kappa shape index (κ2) is 12.9. The van der Waals surface area contributed by atoms with Crippen LogP contribution in [-0.2, 0) is 16.0 Å². The van der Waals surface area contributed by atoms with Gasteiger partial charge in [-0.3, -0.25) is 24.3 Å². The molecule has 2 unspecified atom stereocenters. The van der Waals surface area contributed by atoms with Crippen molar-refractivity contribution in [3.63, 3.8) is 0 Å². The fraction of sp³-hybridized carbons (Fsp3) is 0.333. The number of hydrogen-bond donors (Lipinski definition) is 2. The molecule has 212 valence electrons. The lowest BCUT2D eigenvalue weighted by Gasteiger charge is -2.24. The molecule has 8 heteroatoms. The first-order valence-corrected chi connectivity index (χ1v) is 14.2. The minimum atomic E-state index is -0.797. The molecular weight excluding hydrogens is 516 g/mol. The summed E-state index contributed by atoms with van der Waals surface area (Å²) in [4.78, 5) is 46.0. The van der Waals surface area contributed by atoms with E-state index in [2.05, 4.69) is 38.7 Å². The molecule has 0 saturated carbocycles. The van der Waals surface area contributed by atoms with Crippen LogP contribution in [0.15, 0.2) is 83.4 Å². The molecule has 0 radical (unpaired) electrons. The number of Topliss-reactive ketones (excluding diaryl/α,β-unsaturated/α-hetero) is 1. The number of likely N-dealkylation sites (tertiary alicyclic amines) is 1. The number of nitrogens with one attached hydrogen (secondary N) is 2. The molecule has 4 aromatic rings. The van der Waals surface area contributed by atoms with E-state index in [4.69, 9.17) is 4.42 Å². The van der Waals surface area contributed by atoms with Crippen LogP contribution < -0.4 is 10.6 Å². The number of nitrogens with zero attached hydrogens (tertiary/aromatic N) is 2. The maximum Gasteiger partial charge on any atom is 0.287 e. The molecule has 1 aliphatic heterocycles. The highest BCUT2D eigenvalue weighted by atomic mass is 16.3. The lowest BCUT2D eigenvalue weighted by molar-refractivity contribution is -0.129. The summed E-state index contributed by atoms with van der Waals surface area (Å²) >= 11 is 0. The minimum Gasteiger partial charge on any atom is -0.451 e. The number of benzene rings is 2. The van der Waals surface area contributed by atoms with Gasteiger partial charge in [0.2, 0.25) is 5.91 Å². The van der Waals surface area contributed by atoms with Crippen LogP contribution in [0, 0.1) is 5.92 Å². The van der Waals surface area contributed by atoms with Crippen LogP contribution in [0.25, 0.3) is 22.2 Å². The molecule has 2 aromatic carbocycles. The van der Waals surface area contributed by atoms with Crippen LogP contribution >= 0.6 is 0 Å². The Balaban J connectivity index is 1.16. The van der Waals surface area contributed by atoms with Gasteiger partial charge in [0.05, 0.1) is 18.3 Å². The molecular formula is C33H36N4O4. The molecule has 8 nitrogen and oxygen atoms in total. The van der Waals surface area contributed by atoms with Crippen molar-refractivity contribution in [1.82, 2.24) is 20.5 Å². The standard InChI is InChI=1S/C33H36N4O4/c1-22(2)31(36-32(39)30-20-25-10-3-4-14-29(25)41-30)33(40)35-27-13-8-17-37(21-28(27)38)18-15-23-9-7-11-24(19-23)26-12-5-6-16-34-26/h3-7,9-12,14,16,19-20,22,27,31H,8,13,15,17-18,21H2,1-2H3,(H,35,40)(H,36,39). The van der Waals surface area contributed by atoms with Gasteiger partial charge in [0.1, 0.15) is 11.6 Å². The molecule has 0 bridgehead atoms. The highest BCUT2D eigenvalue weighted by Crippen LogP contribution is 2.20. The average molecular weight is 553 g/mol. The molecule has 1 saturated heterocycles. The highest BCUT2D eigenvalue weighted by Gasteiger charge is 2.31. The Morgan fingerprint density at radius 1 is 1.05 bits per heavy atom. The zero-order chi connectivity index (χ0) is 28.8. The van der Waals surface area contributed by atoms with Crippen molar-refractivity contribution in [2.75, 3.05) is 19.6 Å². The zero-order valence-electron chi connectivity index (χ0n) is 23.5. The zero-order valence-corrected chi connectivity index (χ0v) is 23.5. The first-order valence-electron chi connectivity index (χ1n) is 14.2. The summed E-state index contributed by atoms with van der Waals surface area (Å²) in [5, 5.41) is 6.55. The van der Waals surface area contributed by atoms with E-state index in [1.165, 1.54) is 5.56 Å². The number of amides is 2. The van der Waals surface area contributed by atoms with Crippen molar-refractivity contribution in [3.8, 4) is 11.3 Å². The van der Waals surface area contributed by atoms with Gasteiger partial charge in [0.15, 0.2) is 11.5 Å². The van der Waals surface area contributed by atoms with E-state index in [-0.39, 0.29) is 29.9 Å². The van der Waals surface area contributed by atoms with Gasteiger partial charge in [0, 0.05) is 23.7 Å². The Labute approximate surface area is 240 Å². The van der Waals surface area contributed by atoms with E-state index in [9.17, 15) is 14.4 Å². The van der Waals surface area contributed by atoms with Gasteiger partial charge in [-0.1, -0.05) is 56.3 Å². The van der Waals surface area contributed by atoms with Crippen molar-refractivity contribution in [2.45, 2.75) is 45.2 Å². The Bertz CT molecular complexity index is 1480. The predicted octanol–water partition coefficient (Wildman–Crippen LogP) is 4.64. The Morgan fingerprint density at radius 2 is 1.88 bits per heavy atom. The number of aromatic nitrogens is 1.